The molecule has 0 saturated carbocycles. The average molecular weight is 336 g/mol. The van der Waals surface area contributed by atoms with E-state index in [2.05, 4.69) is 0 Å². The smallest absolute Gasteiger partial charge is 0.383 e. The summed E-state index contributed by atoms with van der Waals surface area (Å²) < 4.78 is 15.7. The van der Waals surface area contributed by atoms with Gasteiger partial charge in [0.25, 0.3) is 0 Å². The van der Waals surface area contributed by atoms with Crippen molar-refractivity contribution in [2.75, 3.05) is 13.2 Å². The second-order valence-electron chi connectivity index (χ2n) is 5.58. The first kappa shape index (κ1) is 17.7. The normalized spacial score (nSPS) is 12.1. The van der Waals surface area contributed by atoms with E-state index in [1.165, 1.54) is 18.2 Å². The van der Waals surface area contributed by atoms with Crippen LogP contribution in [0.1, 0.15) is 26.7 Å². The maximum atomic E-state index is 12.0. The number of fused-ring (bicyclic) bond motifs is 1. The second-order valence-corrected chi connectivity index (χ2v) is 5.58. The quantitative estimate of drug-likeness (QED) is 0.714. The lowest BCUT2D eigenvalue weighted by atomic mass is 10.1. The minimum Gasteiger partial charge on any atom is -0.503 e. The number of carbonyl (C=O) groups is 1. The van der Waals surface area contributed by atoms with Crippen LogP contribution in [0.4, 0.5) is 0 Å². The summed E-state index contributed by atoms with van der Waals surface area (Å²) in [6.45, 7) is 3.70. The lowest BCUT2D eigenvalue weighted by molar-refractivity contribution is -0.139. The van der Waals surface area contributed by atoms with Crippen molar-refractivity contribution in [1.82, 2.24) is 0 Å². The second kappa shape index (κ2) is 7.72. The molecule has 24 heavy (non-hydrogen) atoms. The summed E-state index contributed by atoms with van der Waals surface area (Å²) in [6, 6.07) is 4.49. The van der Waals surface area contributed by atoms with Gasteiger partial charge < -0.3 is 24.1 Å². The van der Waals surface area contributed by atoms with Gasteiger partial charge in [-0.15, -0.1) is 0 Å². The van der Waals surface area contributed by atoms with Crippen molar-refractivity contribution in [1.29, 1.82) is 0 Å². The first-order chi connectivity index (χ1) is 11.4. The summed E-state index contributed by atoms with van der Waals surface area (Å²) in [5.74, 6) is -1.55. The number of benzene rings is 1. The van der Waals surface area contributed by atoms with Crippen molar-refractivity contribution < 1.29 is 28.9 Å². The Bertz CT molecular complexity index is 778. The molecule has 2 rings (SSSR count). The number of hydrogen-bond acceptors (Lipinski definition) is 6. The summed E-state index contributed by atoms with van der Waals surface area (Å²) in [7, 11) is 0. The van der Waals surface area contributed by atoms with Gasteiger partial charge in [-0.25, -0.2) is 9.59 Å². The van der Waals surface area contributed by atoms with Crippen molar-refractivity contribution in [2.45, 2.75) is 26.7 Å². The average Bonchev–Trinajstić information content (AvgIpc) is 2.52. The predicted molar refractivity (Wildman–Crippen MR) is 86.8 cm³/mol. The molecule has 7 heteroatoms. The van der Waals surface area contributed by atoms with Crippen LogP contribution in [0.3, 0.4) is 0 Å². The molecule has 0 aliphatic carbocycles. The van der Waals surface area contributed by atoms with Crippen molar-refractivity contribution in [3.63, 3.8) is 0 Å². The molecule has 1 atom stereocenters. The minimum atomic E-state index is -1.16. The molecule has 1 heterocycles. The molecular weight excluding hydrogens is 316 g/mol. The Kier molecular flexibility index (Phi) is 5.68. The van der Waals surface area contributed by atoms with Crippen molar-refractivity contribution in [3.05, 3.63) is 28.6 Å². The number of ether oxygens (including phenoxy) is 2. The summed E-state index contributed by atoms with van der Waals surface area (Å²) >= 11 is 0. The van der Waals surface area contributed by atoms with Gasteiger partial charge in [0, 0.05) is 0 Å². The highest BCUT2D eigenvalue weighted by molar-refractivity contribution is 5.91. The van der Waals surface area contributed by atoms with Crippen LogP contribution < -0.4 is 15.1 Å². The Hall–Kier alpha value is -2.70. The van der Waals surface area contributed by atoms with Gasteiger partial charge in [0.15, 0.2) is 12.4 Å². The molecule has 1 aromatic carbocycles. The fourth-order valence-electron chi connectivity index (χ4n) is 2.37. The fourth-order valence-corrected chi connectivity index (χ4v) is 2.37. The Balaban J connectivity index is 2.40. The Morgan fingerprint density at radius 1 is 1.33 bits per heavy atom. The maximum absolute atomic E-state index is 12.0. The van der Waals surface area contributed by atoms with Crippen LogP contribution in [-0.4, -0.2) is 29.4 Å². The van der Waals surface area contributed by atoms with E-state index in [0.717, 1.165) is 12.8 Å². The zero-order valence-corrected chi connectivity index (χ0v) is 13.6. The zero-order valence-electron chi connectivity index (χ0n) is 13.6. The van der Waals surface area contributed by atoms with E-state index in [4.69, 9.17) is 19.0 Å². The third-order valence-electron chi connectivity index (χ3n) is 3.47. The number of carboxylic acids is 1. The summed E-state index contributed by atoms with van der Waals surface area (Å²) in [6.07, 6.45) is 1.91. The molecular formula is C17H20O7. The predicted octanol–water partition coefficient (Wildman–Crippen LogP) is 2.78. The van der Waals surface area contributed by atoms with Gasteiger partial charge >= 0.3 is 11.6 Å². The topological polar surface area (TPSA) is 106 Å². The highest BCUT2D eigenvalue weighted by atomic mass is 16.5. The lowest BCUT2D eigenvalue weighted by Gasteiger charge is -2.14. The summed E-state index contributed by atoms with van der Waals surface area (Å²) in [5, 5.41) is 19.2. The molecule has 2 N–H and O–H groups in total. The van der Waals surface area contributed by atoms with E-state index >= 15 is 0 Å². The third-order valence-corrected chi connectivity index (χ3v) is 3.47. The van der Waals surface area contributed by atoms with Crippen LogP contribution in [0.5, 0.6) is 17.2 Å². The largest absolute Gasteiger partial charge is 0.503 e. The standard InChI is InChI=1S/C17H20O7/c1-3-5-10(2)8-23-16-15(20)14-11(22-9-13(18)19)6-4-7-12(14)24-17(16)21/h4,6-7,10,20H,3,5,8-9H2,1-2H3,(H,18,19). The number of rotatable bonds is 8. The van der Waals surface area contributed by atoms with Crippen LogP contribution in [0.2, 0.25) is 0 Å². The molecule has 0 aliphatic rings. The van der Waals surface area contributed by atoms with Crippen molar-refractivity contribution in [3.8, 4) is 17.2 Å². The van der Waals surface area contributed by atoms with Gasteiger partial charge in [0.1, 0.15) is 16.7 Å². The molecule has 0 spiro atoms. The van der Waals surface area contributed by atoms with Gasteiger partial charge in [0.2, 0.25) is 5.75 Å². The highest BCUT2D eigenvalue weighted by Crippen LogP contribution is 2.37. The molecule has 0 aliphatic heterocycles. The monoisotopic (exact) mass is 336 g/mol. The van der Waals surface area contributed by atoms with E-state index < -0.39 is 24.0 Å². The summed E-state index contributed by atoms with van der Waals surface area (Å²) in [5.41, 5.74) is -0.701. The molecule has 1 unspecified atom stereocenters. The van der Waals surface area contributed by atoms with Gasteiger partial charge in [-0.05, 0) is 24.5 Å². The molecule has 0 radical (unpaired) electrons. The Morgan fingerprint density at radius 3 is 2.75 bits per heavy atom. The number of hydrogen-bond donors (Lipinski definition) is 2. The first-order valence-electron chi connectivity index (χ1n) is 7.70. The Morgan fingerprint density at radius 2 is 2.08 bits per heavy atom. The van der Waals surface area contributed by atoms with Crippen LogP contribution >= 0.6 is 0 Å². The fraction of sp³-hybridized carbons (Fsp3) is 0.412. The van der Waals surface area contributed by atoms with E-state index in [1.807, 2.05) is 13.8 Å². The molecule has 0 amide bonds. The van der Waals surface area contributed by atoms with Crippen molar-refractivity contribution >= 4 is 16.9 Å². The lowest BCUT2D eigenvalue weighted by Crippen LogP contribution is -2.14. The molecule has 0 saturated heterocycles. The van der Waals surface area contributed by atoms with Crippen LogP contribution in [0, 0.1) is 5.92 Å². The van der Waals surface area contributed by atoms with E-state index in [9.17, 15) is 14.7 Å². The molecule has 130 valence electrons. The van der Waals surface area contributed by atoms with Gasteiger partial charge in [-0.3, -0.25) is 0 Å². The molecule has 1 aromatic heterocycles. The van der Waals surface area contributed by atoms with Gasteiger partial charge in [-0.2, -0.15) is 0 Å². The first-order valence-corrected chi connectivity index (χ1v) is 7.70. The van der Waals surface area contributed by atoms with Crippen LogP contribution in [-0.2, 0) is 4.79 Å². The van der Waals surface area contributed by atoms with E-state index in [-0.39, 0.29) is 35.0 Å². The van der Waals surface area contributed by atoms with Crippen molar-refractivity contribution in [2.24, 2.45) is 5.92 Å². The van der Waals surface area contributed by atoms with E-state index in [0.29, 0.717) is 0 Å². The molecule has 2 aromatic rings. The van der Waals surface area contributed by atoms with Gasteiger partial charge in [-0.1, -0.05) is 26.3 Å². The highest BCUT2D eigenvalue weighted by Gasteiger charge is 2.20. The molecule has 0 fully saturated rings. The molecule has 0 bridgehead atoms. The number of aromatic hydroxyl groups is 1. The molecule has 7 nitrogen and oxygen atoms in total. The minimum absolute atomic E-state index is 0.0920. The zero-order chi connectivity index (χ0) is 17.7. The van der Waals surface area contributed by atoms with E-state index in [1.54, 1.807) is 0 Å². The summed E-state index contributed by atoms with van der Waals surface area (Å²) in [4.78, 5) is 22.7. The number of aliphatic carboxylic acids is 1. The van der Waals surface area contributed by atoms with Crippen LogP contribution in [0.15, 0.2) is 27.4 Å². The Labute approximate surface area is 138 Å². The SMILES string of the molecule is CCCC(C)COc1c(O)c2c(OCC(=O)O)cccc2oc1=O. The van der Waals surface area contributed by atoms with Crippen LogP contribution in [0.25, 0.3) is 11.0 Å². The number of carboxylic acid groups (broad SMARTS) is 1. The third kappa shape index (κ3) is 3.98. The van der Waals surface area contributed by atoms with Gasteiger partial charge in [0.05, 0.1) is 6.61 Å². The maximum Gasteiger partial charge on any atom is 0.383 e.